The van der Waals surface area contributed by atoms with Gasteiger partial charge in [-0.05, 0) is 45.2 Å². The number of nitrogens with one attached hydrogen (secondary N) is 2. The van der Waals surface area contributed by atoms with E-state index in [4.69, 9.17) is 0 Å². The Bertz CT molecular complexity index is 522. The molecule has 0 unspecified atom stereocenters. The molecule has 2 rings (SSSR count). The van der Waals surface area contributed by atoms with Crippen molar-refractivity contribution < 1.29 is 9.59 Å². The standard InChI is InChI=1S/C17H25N3O2/c1-17(2,3)19-16(22)18-15(21)12-20-10-9-14(11-20)13-7-5-4-6-8-13/h4-8,14H,9-12H2,1-3H3,(H2,18,19,21,22)/t14-/m1/s1. The summed E-state index contributed by atoms with van der Waals surface area (Å²) in [6.45, 7) is 7.64. The SMILES string of the molecule is CC(C)(C)NC(=O)NC(=O)CN1CC[C@@H](c2ccccc2)C1. The number of benzene rings is 1. The zero-order valence-electron chi connectivity index (χ0n) is 13.6. The summed E-state index contributed by atoms with van der Waals surface area (Å²) in [5.74, 6) is 0.216. The Labute approximate surface area is 132 Å². The van der Waals surface area contributed by atoms with Crippen LogP contribution < -0.4 is 10.6 Å². The largest absolute Gasteiger partial charge is 0.333 e. The van der Waals surface area contributed by atoms with Gasteiger partial charge >= 0.3 is 6.03 Å². The van der Waals surface area contributed by atoms with Crippen LogP contribution in [-0.2, 0) is 4.79 Å². The molecule has 0 aliphatic carbocycles. The molecular weight excluding hydrogens is 278 g/mol. The smallest absolute Gasteiger partial charge is 0.321 e. The average molecular weight is 303 g/mol. The maximum absolute atomic E-state index is 11.9. The minimum absolute atomic E-state index is 0.254. The molecule has 1 heterocycles. The second-order valence-electron chi connectivity index (χ2n) is 6.88. The first-order chi connectivity index (χ1) is 10.3. The lowest BCUT2D eigenvalue weighted by Crippen LogP contribution is -2.50. The van der Waals surface area contributed by atoms with Crippen LogP contribution in [0, 0.1) is 0 Å². The summed E-state index contributed by atoms with van der Waals surface area (Å²) in [4.78, 5) is 25.7. The predicted octanol–water partition coefficient (Wildman–Crippen LogP) is 2.10. The van der Waals surface area contributed by atoms with E-state index < -0.39 is 6.03 Å². The van der Waals surface area contributed by atoms with E-state index in [0.717, 1.165) is 19.5 Å². The molecule has 5 nitrogen and oxygen atoms in total. The zero-order chi connectivity index (χ0) is 16.2. The summed E-state index contributed by atoms with van der Waals surface area (Å²) in [5.41, 5.74) is 0.965. The number of amides is 3. The fourth-order valence-corrected chi connectivity index (χ4v) is 2.71. The number of nitrogens with zero attached hydrogens (tertiary/aromatic N) is 1. The molecule has 1 fully saturated rings. The van der Waals surface area contributed by atoms with Crippen molar-refractivity contribution in [2.45, 2.75) is 38.6 Å². The number of imide groups is 1. The lowest BCUT2D eigenvalue weighted by molar-refractivity contribution is -0.120. The molecule has 1 aromatic carbocycles. The number of carbonyl (C=O) groups is 2. The maximum Gasteiger partial charge on any atom is 0.321 e. The van der Waals surface area contributed by atoms with Gasteiger partial charge in [0.15, 0.2) is 0 Å². The fourth-order valence-electron chi connectivity index (χ4n) is 2.71. The van der Waals surface area contributed by atoms with Gasteiger partial charge in [-0.2, -0.15) is 0 Å². The van der Waals surface area contributed by atoms with E-state index in [2.05, 4.69) is 27.7 Å². The van der Waals surface area contributed by atoms with E-state index in [-0.39, 0.29) is 18.0 Å². The number of hydrogen-bond donors (Lipinski definition) is 2. The van der Waals surface area contributed by atoms with Gasteiger partial charge < -0.3 is 5.32 Å². The monoisotopic (exact) mass is 303 g/mol. The Morgan fingerprint density at radius 1 is 1.23 bits per heavy atom. The molecule has 5 heteroatoms. The summed E-state index contributed by atoms with van der Waals surface area (Å²) in [6.07, 6.45) is 1.05. The minimum atomic E-state index is -0.434. The van der Waals surface area contributed by atoms with E-state index in [9.17, 15) is 9.59 Å². The van der Waals surface area contributed by atoms with E-state index in [1.807, 2.05) is 39.0 Å². The van der Waals surface area contributed by atoms with Crippen molar-refractivity contribution in [2.24, 2.45) is 0 Å². The van der Waals surface area contributed by atoms with Crippen LogP contribution in [0.2, 0.25) is 0 Å². The molecule has 0 spiro atoms. The Morgan fingerprint density at radius 2 is 1.91 bits per heavy atom. The highest BCUT2D eigenvalue weighted by Crippen LogP contribution is 2.26. The van der Waals surface area contributed by atoms with Crippen LogP contribution in [0.25, 0.3) is 0 Å². The van der Waals surface area contributed by atoms with Crippen LogP contribution in [-0.4, -0.2) is 42.0 Å². The van der Waals surface area contributed by atoms with Gasteiger partial charge in [0.2, 0.25) is 5.91 Å². The van der Waals surface area contributed by atoms with Crippen LogP contribution >= 0.6 is 0 Å². The van der Waals surface area contributed by atoms with Crippen LogP contribution in [0.5, 0.6) is 0 Å². The van der Waals surface area contributed by atoms with Crippen LogP contribution in [0.1, 0.15) is 38.7 Å². The average Bonchev–Trinajstić information content (AvgIpc) is 2.85. The number of likely N-dealkylation sites (tertiary alicyclic amines) is 1. The highest BCUT2D eigenvalue weighted by atomic mass is 16.2. The number of urea groups is 1. The molecule has 1 aliphatic heterocycles. The molecule has 120 valence electrons. The van der Waals surface area contributed by atoms with Crippen molar-refractivity contribution >= 4 is 11.9 Å². The van der Waals surface area contributed by atoms with Gasteiger partial charge in [0, 0.05) is 12.1 Å². The predicted molar refractivity (Wildman–Crippen MR) is 86.7 cm³/mol. The summed E-state index contributed by atoms with van der Waals surface area (Å²) in [7, 11) is 0. The Hall–Kier alpha value is -1.88. The third kappa shape index (κ3) is 5.15. The molecule has 1 aliphatic rings. The van der Waals surface area contributed by atoms with Gasteiger partial charge in [-0.3, -0.25) is 15.0 Å². The highest BCUT2D eigenvalue weighted by molar-refractivity contribution is 5.95. The molecule has 22 heavy (non-hydrogen) atoms. The molecule has 0 radical (unpaired) electrons. The van der Waals surface area contributed by atoms with E-state index >= 15 is 0 Å². The molecule has 1 atom stereocenters. The second-order valence-corrected chi connectivity index (χ2v) is 6.88. The first-order valence-electron chi connectivity index (χ1n) is 7.73. The molecule has 2 N–H and O–H groups in total. The summed E-state index contributed by atoms with van der Waals surface area (Å²) in [5, 5.41) is 5.11. The maximum atomic E-state index is 11.9. The lowest BCUT2D eigenvalue weighted by Gasteiger charge is -2.21. The summed E-state index contributed by atoms with van der Waals surface area (Å²) >= 11 is 0. The zero-order valence-corrected chi connectivity index (χ0v) is 13.6. The number of carbonyl (C=O) groups excluding carboxylic acids is 2. The number of hydrogen-bond acceptors (Lipinski definition) is 3. The third-order valence-electron chi connectivity index (χ3n) is 3.65. The van der Waals surface area contributed by atoms with Crippen LogP contribution in [0.3, 0.4) is 0 Å². The lowest BCUT2D eigenvalue weighted by atomic mass is 9.99. The fraction of sp³-hybridized carbons (Fsp3) is 0.529. The third-order valence-corrected chi connectivity index (χ3v) is 3.65. The normalized spacial score (nSPS) is 19.0. The molecule has 0 aromatic heterocycles. The van der Waals surface area contributed by atoms with Crippen LogP contribution in [0.4, 0.5) is 4.79 Å². The van der Waals surface area contributed by atoms with Gasteiger partial charge in [-0.25, -0.2) is 4.79 Å². The molecule has 3 amide bonds. The van der Waals surface area contributed by atoms with Crippen molar-refractivity contribution in [2.75, 3.05) is 19.6 Å². The van der Waals surface area contributed by atoms with Gasteiger partial charge in [0.1, 0.15) is 0 Å². The van der Waals surface area contributed by atoms with Crippen LogP contribution in [0.15, 0.2) is 30.3 Å². The molecular formula is C17H25N3O2. The molecule has 0 bridgehead atoms. The van der Waals surface area contributed by atoms with E-state index in [1.165, 1.54) is 5.56 Å². The van der Waals surface area contributed by atoms with E-state index in [1.54, 1.807) is 0 Å². The first-order valence-corrected chi connectivity index (χ1v) is 7.73. The van der Waals surface area contributed by atoms with Crippen molar-refractivity contribution in [1.29, 1.82) is 0 Å². The van der Waals surface area contributed by atoms with Crippen molar-refractivity contribution in [3.05, 3.63) is 35.9 Å². The first kappa shape index (κ1) is 16.5. The highest BCUT2D eigenvalue weighted by Gasteiger charge is 2.25. The van der Waals surface area contributed by atoms with Gasteiger partial charge in [-0.1, -0.05) is 30.3 Å². The molecule has 1 saturated heterocycles. The summed E-state index contributed by atoms with van der Waals surface area (Å²) < 4.78 is 0. The summed E-state index contributed by atoms with van der Waals surface area (Å²) in [6, 6.07) is 9.92. The molecule has 1 aromatic rings. The van der Waals surface area contributed by atoms with Gasteiger partial charge in [-0.15, -0.1) is 0 Å². The van der Waals surface area contributed by atoms with E-state index in [0.29, 0.717) is 5.92 Å². The van der Waals surface area contributed by atoms with Crippen molar-refractivity contribution in [3.8, 4) is 0 Å². The second kappa shape index (κ2) is 6.92. The van der Waals surface area contributed by atoms with Gasteiger partial charge in [0.25, 0.3) is 0 Å². The Kier molecular flexibility index (Phi) is 5.19. The quantitative estimate of drug-likeness (QED) is 0.899. The van der Waals surface area contributed by atoms with Gasteiger partial charge in [0.05, 0.1) is 6.54 Å². The van der Waals surface area contributed by atoms with Crippen molar-refractivity contribution in [3.63, 3.8) is 0 Å². The number of rotatable bonds is 3. The Balaban J connectivity index is 1.78. The topological polar surface area (TPSA) is 61.4 Å². The Morgan fingerprint density at radius 3 is 2.55 bits per heavy atom. The minimum Gasteiger partial charge on any atom is -0.333 e. The van der Waals surface area contributed by atoms with Crippen molar-refractivity contribution in [1.82, 2.24) is 15.5 Å². The molecule has 0 saturated carbocycles.